The second-order valence-electron chi connectivity index (χ2n) is 4.59. The van der Waals surface area contributed by atoms with Gasteiger partial charge < -0.3 is 10.6 Å². The van der Waals surface area contributed by atoms with E-state index in [1.807, 2.05) is 7.05 Å². The number of amides is 1. The normalized spacial score (nSPS) is 10.1. The fourth-order valence-corrected chi connectivity index (χ4v) is 2.33. The van der Waals surface area contributed by atoms with Crippen molar-refractivity contribution in [2.24, 2.45) is 5.73 Å². The van der Waals surface area contributed by atoms with Crippen LogP contribution in [-0.2, 0) is 0 Å². The first kappa shape index (κ1) is 16.6. The Morgan fingerprint density at radius 2 is 2.05 bits per heavy atom. The van der Waals surface area contributed by atoms with Gasteiger partial charge in [-0.2, -0.15) is 0 Å². The zero-order chi connectivity index (χ0) is 15.1. The van der Waals surface area contributed by atoms with Crippen molar-refractivity contribution in [3.63, 3.8) is 0 Å². The Balaban J connectivity index is 2.98. The molecule has 1 rings (SSSR count). The number of rotatable bonds is 4. The Hall–Kier alpha value is -1.50. The van der Waals surface area contributed by atoms with Gasteiger partial charge in [-0.05, 0) is 31.0 Å². The number of hydrogen-bond acceptors (Lipinski definition) is 2. The van der Waals surface area contributed by atoms with E-state index in [9.17, 15) is 4.79 Å². The van der Waals surface area contributed by atoms with Crippen LogP contribution in [0.2, 0.25) is 5.02 Å². The van der Waals surface area contributed by atoms with Gasteiger partial charge in [-0.3, -0.25) is 4.79 Å². The number of carbonyl (C=O) groups excluding carboxylic acids is 1. The number of benzene rings is 1. The molecule has 0 unspecified atom stereocenters. The zero-order valence-corrected chi connectivity index (χ0v) is 13.0. The van der Waals surface area contributed by atoms with Crippen LogP contribution in [0.1, 0.15) is 42.6 Å². The molecule has 4 heteroatoms. The number of carbonyl (C=O) groups is 1. The second kappa shape index (κ2) is 7.94. The molecule has 0 bridgehead atoms. The van der Waals surface area contributed by atoms with Crippen molar-refractivity contribution in [2.45, 2.75) is 32.7 Å². The minimum Gasteiger partial charge on any atom is -0.339 e. The topological polar surface area (TPSA) is 46.3 Å². The summed E-state index contributed by atoms with van der Waals surface area (Å²) in [6, 6.07) is 5.44. The summed E-state index contributed by atoms with van der Waals surface area (Å²) in [6.07, 6.45) is 1.87. The summed E-state index contributed by atoms with van der Waals surface area (Å²) < 4.78 is 0. The highest BCUT2D eigenvalue weighted by molar-refractivity contribution is 6.32. The highest BCUT2D eigenvalue weighted by atomic mass is 35.5. The lowest BCUT2D eigenvalue weighted by Crippen LogP contribution is -2.36. The van der Waals surface area contributed by atoms with Gasteiger partial charge in [0.2, 0.25) is 0 Å². The molecule has 0 aliphatic carbocycles. The third-order valence-electron chi connectivity index (χ3n) is 3.35. The number of nitrogens with two attached hydrogens (primary N) is 1. The number of hydrogen-bond donors (Lipinski definition) is 1. The van der Waals surface area contributed by atoms with Crippen LogP contribution in [0.4, 0.5) is 0 Å². The molecule has 1 aromatic carbocycles. The molecule has 0 saturated carbocycles. The molecule has 0 aliphatic heterocycles. The molecular formula is C16H21ClN2O. The van der Waals surface area contributed by atoms with Gasteiger partial charge in [-0.15, -0.1) is 0 Å². The maximum absolute atomic E-state index is 12.4. The van der Waals surface area contributed by atoms with E-state index in [2.05, 4.69) is 25.7 Å². The molecule has 0 saturated heterocycles. The average molecular weight is 293 g/mol. The summed E-state index contributed by atoms with van der Waals surface area (Å²) in [4.78, 5) is 14.2. The standard InChI is InChI=1S/C16H21ClN2O/c1-4-14(5-2)19(3)16(20)13-9-8-12(7-6-10-18)15(17)11-13/h8-9,11,14H,4-5,10,18H2,1-3H3. The van der Waals surface area contributed by atoms with Crippen LogP contribution in [0.5, 0.6) is 0 Å². The predicted octanol–water partition coefficient (Wildman–Crippen LogP) is 2.91. The molecule has 0 aliphatic rings. The first-order valence-electron chi connectivity index (χ1n) is 6.80. The van der Waals surface area contributed by atoms with Crippen LogP contribution < -0.4 is 5.73 Å². The second-order valence-corrected chi connectivity index (χ2v) is 4.99. The van der Waals surface area contributed by atoms with E-state index in [4.69, 9.17) is 17.3 Å². The molecule has 0 heterocycles. The molecule has 2 N–H and O–H groups in total. The molecule has 0 fully saturated rings. The summed E-state index contributed by atoms with van der Waals surface area (Å²) in [7, 11) is 1.83. The molecule has 0 spiro atoms. The number of nitrogens with zero attached hydrogens (tertiary/aromatic N) is 1. The van der Waals surface area contributed by atoms with Crippen molar-refractivity contribution >= 4 is 17.5 Å². The van der Waals surface area contributed by atoms with Crippen LogP contribution in [0.25, 0.3) is 0 Å². The third kappa shape index (κ3) is 4.00. The summed E-state index contributed by atoms with van der Waals surface area (Å²) in [5.74, 6) is 5.62. The average Bonchev–Trinajstić information content (AvgIpc) is 2.46. The predicted molar refractivity (Wildman–Crippen MR) is 83.8 cm³/mol. The van der Waals surface area contributed by atoms with Crippen molar-refractivity contribution in [2.75, 3.05) is 13.6 Å². The van der Waals surface area contributed by atoms with Gasteiger partial charge in [0.15, 0.2) is 0 Å². The van der Waals surface area contributed by atoms with E-state index >= 15 is 0 Å². The zero-order valence-electron chi connectivity index (χ0n) is 12.2. The summed E-state index contributed by atoms with van der Waals surface area (Å²) >= 11 is 6.15. The van der Waals surface area contributed by atoms with Crippen LogP contribution in [0, 0.1) is 11.8 Å². The highest BCUT2D eigenvalue weighted by Gasteiger charge is 2.18. The maximum Gasteiger partial charge on any atom is 0.253 e. The van der Waals surface area contributed by atoms with Gasteiger partial charge in [0.1, 0.15) is 0 Å². The minimum atomic E-state index is -0.0149. The first-order chi connectivity index (χ1) is 9.54. The Bertz CT molecular complexity index is 527. The van der Waals surface area contributed by atoms with Crippen molar-refractivity contribution < 1.29 is 4.79 Å². The van der Waals surface area contributed by atoms with E-state index < -0.39 is 0 Å². The van der Waals surface area contributed by atoms with Crippen molar-refractivity contribution in [3.8, 4) is 11.8 Å². The van der Waals surface area contributed by atoms with Gasteiger partial charge >= 0.3 is 0 Å². The molecule has 1 aromatic rings. The molecule has 0 aromatic heterocycles. The molecule has 0 radical (unpaired) electrons. The quantitative estimate of drug-likeness (QED) is 0.867. The Kier molecular flexibility index (Phi) is 6.57. The smallest absolute Gasteiger partial charge is 0.253 e. The lowest BCUT2D eigenvalue weighted by atomic mass is 10.1. The van der Waals surface area contributed by atoms with Crippen LogP contribution in [0.3, 0.4) is 0 Å². The lowest BCUT2D eigenvalue weighted by Gasteiger charge is -2.26. The Morgan fingerprint density at radius 1 is 1.40 bits per heavy atom. The molecule has 0 atom stereocenters. The number of halogens is 1. The van der Waals surface area contributed by atoms with Gasteiger partial charge in [0, 0.05) is 24.2 Å². The summed E-state index contributed by atoms with van der Waals surface area (Å²) in [5, 5.41) is 0.481. The van der Waals surface area contributed by atoms with E-state index in [1.54, 1.807) is 23.1 Å². The molecule has 20 heavy (non-hydrogen) atoms. The lowest BCUT2D eigenvalue weighted by molar-refractivity contribution is 0.0723. The first-order valence-corrected chi connectivity index (χ1v) is 7.18. The molecule has 108 valence electrons. The van der Waals surface area contributed by atoms with E-state index in [0.717, 1.165) is 12.8 Å². The minimum absolute atomic E-state index is 0.0149. The van der Waals surface area contributed by atoms with Gasteiger partial charge in [-0.1, -0.05) is 37.3 Å². The molecule has 1 amide bonds. The van der Waals surface area contributed by atoms with E-state index in [1.165, 1.54) is 0 Å². The summed E-state index contributed by atoms with van der Waals surface area (Å²) in [5.41, 5.74) is 6.61. The van der Waals surface area contributed by atoms with Crippen LogP contribution >= 0.6 is 11.6 Å². The monoisotopic (exact) mass is 292 g/mol. The van der Waals surface area contributed by atoms with Crippen molar-refractivity contribution in [3.05, 3.63) is 34.3 Å². The van der Waals surface area contributed by atoms with Crippen LogP contribution in [0.15, 0.2) is 18.2 Å². The van der Waals surface area contributed by atoms with Crippen molar-refractivity contribution in [1.29, 1.82) is 0 Å². The maximum atomic E-state index is 12.4. The molecule has 3 nitrogen and oxygen atoms in total. The largest absolute Gasteiger partial charge is 0.339 e. The van der Waals surface area contributed by atoms with Crippen LogP contribution in [-0.4, -0.2) is 30.4 Å². The highest BCUT2D eigenvalue weighted by Crippen LogP contribution is 2.19. The molecular weight excluding hydrogens is 272 g/mol. The Labute approximate surface area is 126 Å². The fraction of sp³-hybridized carbons (Fsp3) is 0.438. The summed E-state index contributed by atoms with van der Waals surface area (Å²) in [6.45, 7) is 4.45. The van der Waals surface area contributed by atoms with Gasteiger partial charge in [0.05, 0.1) is 11.6 Å². The van der Waals surface area contributed by atoms with E-state index in [0.29, 0.717) is 16.1 Å². The SMILES string of the molecule is CCC(CC)N(C)C(=O)c1ccc(C#CCN)c(Cl)c1. The van der Waals surface area contributed by atoms with Crippen molar-refractivity contribution in [1.82, 2.24) is 4.90 Å². The third-order valence-corrected chi connectivity index (χ3v) is 3.66. The fourth-order valence-electron chi connectivity index (χ4n) is 2.10. The van der Waals surface area contributed by atoms with Gasteiger partial charge in [-0.25, -0.2) is 0 Å². The Morgan fingerprint density at radius 3 is 2.55 bits per heavy atom. The van der Waals surface area contributed by atoms with Gasteiger partial charge in [0.25, 0.3) is 5.91 Å². The van der Waals surface area contributed by atoms with E-state index in [-0.39, 0.29) is 18.5 Å².